The summed E-state index contributed by atoms with van der Waals surface area (Å²) in [5.41, 5.74) is 0.908. The summed E-state index contributed by atoms with van der Waals surface area (Å²) in [6.07, 6.45) is 3.22. The first kappa shape index (κ1) is 14.4. The molecule has 1 aliphatic rings. The monoisotopic (exact) mass is 304 g/mol. The average Bonchev–Trinajstić information content (AvgIpc) is 2.90. The zero-order chi connectivity index (χ0) is 14.5. The SMILES string of the molecule is OC(CCCc1cccs1)c1ccc2c(c1)OCCCO2. The van der Waals surface area contributed by atoms with Gasteiger partial charge in [0.1, 0.15) is 0 Å². The van der Waals surface area contributed by atoms with Crippen molar-refractivity contribution >= 4 is 11.3 Å². The maximum atomic E-state index is 10.3. The highest BCUT2D eigenvalue weighted by Crippen LogP contribution is 2.33. The summed E-state index contributed by atoms with van der Waals surface area (Å²) in [6, 6.07) is 9.96. The minimum Gasteiger partial charge on any atom is -0.490 e. The smallest absolute Gasteiger partial charge is 0.161 e. The zero-order valence-electron chi connectivity index (χ0n) is 12.0. The van der Waals surface area contributed by atoms with Crippen molar-refractivity contribution in [3.8, 4) is 11.5 Å². The standard InChI is InChI=1S/C17H20O3S/c18-15(6-1-4-14-5-2-11-21-14)13-7-8-16-17(12-13)20-10-3-9-19-16/h2,5,7-8,11-12,15,18H,1,3-4,6,9-10H2. The summed E-state index contributed by atoms with van der Waals surface area (Å²) >= 11 is 1.77. The molecule has 2 aromatic rings. The molecule has 0 aliphatic carbocycles. The first-order valence-corrected chi connectivity index (χ1v) is 8.31. The van der Waals surface area contributed by atoms with Gasteiger partial charge in [0.15, 0.2) is 11.5 Å². The van der Waals surface area contributed by atoms with E-state index in [1.54, 1.807) is 11.3 Å². The van der Waals surface area contributed by atoms with E-state index in [0.717, 1.165) is 42.7 Å². The molecular weight excluding hydrogens is 284 g/mol. The van der Waals surface area contributed by atoms with E-state index in [2.05, 4.69) is 17.5 Å². The molecular formula is C17H20O3S. The molecule has 3 nitrogen and oxygen atoms in total. The van der Waals surface area contributed by atoms with Gasteiger partial charge >= 0.3 is 0 Å². The molecule has 112 valence electrons. The first-order valence-electron chi connectivity index (χ1n) is 7.43. The zero-order valence-corrected chi connectivity index (χ0v) is 12.8. The van der Waals surface area contributed by atoms with E-state index >= 15 is 0 Å². The fourth-order valence-corrected chi connectivity index (χ4v) is 3.23. The Bertz CT molecular complexity index is 565. The van der Waals surface area contributed by atoms with Crippen molar-refractivity contribution in [1.82, 2.24) is 0 Å². The third-order valence-electron chi connectivity index (χ3n) is 3.64. The van der Waals surface area contributed by atoms with Crippen LogP contribution in [0.1, 0.15) is 35.8 Å². The van der Waals surface area contributed by atoms with E-state index in [9.17, 15) is 5.11 Å². The topological polar surface area (TPSA) is 38.7 Å². The highest BCUT2D eigenvalue weighted by molar-refractivity contribution is 7.09. The second-order valence-corrected chi connectivity index (χ2v) is 6.28. The molecule has 0 bridgehead atoms. The predicted octanol–water partition coefficient (Wildman–Crippen LogP) is 3.97. The van der Waals surface area contributed by atoms with Crippen molar-refractivity contribution < 1.29 is 14.6 Å². The van der Waals surface area contributed by atoms with Crippen LogP contribution in [0.15, 0.2) is 35.7 Å². The summed E-state index contributed by atoms with van der Waals surface area (Å²) in [5, 5.41) is 12.4. The van der Waals surface area contributed by atoms with Crippen LogP contribution in [0, 0.1) is 0 Å². The van der Waals surface area contributed by atoms with Gasteiger partial charge in [-0.3, -0.25) is 0 Å². The van der Waals surface area contributed by atoms with Crippen LogP contribution in [0.2, 0.25) is 0 Å². The van der Waals surface area contributed by atoms with Crippen molar-refractivity contribution in [2.24, 2.45) is 0 Å². The molecule has 3 rings (SSSR count). The Balaban J connectivity index is 1.59. The number of hydrogen-bond acceptors (Lipinski definition) is 4. The van der Waals surface area contributed by atoms with Crippen molar-refractivity contribution in [3.63, 3.8) is 0 Å². The highest BCUT2D eigenvalue weighted by Gasteiger charge is 2.14. The second-order valence-electron chi connectivity index (χ2n) is 5.24. The molecule has 1 aliphatic heterocycles. The third-order valence-corrected chi connectivity index (χ3v) is 4.57. The molecule has 0 radical (unpaired) electrons. The molecule has 1 aromatic heterocycles. The van der Waals surface area contributed by atoms with Crippen LogP contribution in [0.25, 0.3) is 0 Å². The third kappa shape index (κ3) is 3.77. The lowest BCUT2D eigenvalue weighted by atomic mass is 10.0. The molecule has 0 saturated heterocycles. The lowest BCUT2D eigenvalue weighted by Gasteiger charge is -2.14. The van der Waals surface area contributed by atoms with Gasteiger partial charge < -0.3 is 14.6 Å². The Hall–Kier alpha value is -1.52. The van der Waals surface area contributed by atoms with Gasteiger partial charge in [-0.2, -0.15) is 0 Å². The number of ether oxygens (including phenoxy) is 2. The van der Waals surface area contributed by atoms with Crippen LogP contribution in [0.4, 0.5) is 0 Å². The minimum absolute atomic E-state index is 0.442. The largest absolute Gasteiger partial charge is 0.490 e. The fourth-order valence-electron chi connectivity index (χ4n) is 2.48. The average molecular weight is 304 g/mol. The van der Waals surface area contributed by atoms with Crippen LogP contribution < -0.4 is 9.47 Å². The molecule has 4 heteroatoms. The van der Waals surface area contributed by atoms with Crippen molar-refractivity contribution in [2.45, 2.75) is 31.8 Å². The molecule has 0 amide bonds. The van der Waals surface area contributed by atoms with E-state index in [1.165, 1.54) is 4.88 Å². The van der Waals surface area contributed by atoms with E-state index in [4.69, 9.17) is 9.47 Å². The van der Waals surface area contributed by atoms with Crippen molar-refractivity contribution in [1.29, 1.82) is 0 Å². The molecule has 1 atom stereocenters. The summed E-state index contributed by atoms with van der Waals surface area (Å²) in [7, 11) is 0. The maximum absolute atomic E-state index is 10.3. The normalized spacial score (nSPS) is 15.5. The fraction of sp³-hybridized carbons (Fsp3) is 0.412. The van der Waals surface area contributed by atoms with Gasteiger partial charge in [-0.1, -0.05) is 12.1 Å². The van der Waals surface area contributed by atoms with Crippen LogP contribution >= 0.6 is 11.3 Å². The number of rotatable bonds is 5. The van der Waals surface area contributed by atoms with Gasteiger partial charge in [-0.25, -0.2) is 0 Å². The minimum atomic E-state index is -0.442. The molecule has 0 fully saturated rings. The Kier molecular flexibility index (Phi) is 4.78. The van der Waals surface area contributed by atoms with Crippen LogP contribution in [-0.4, -0.2) is 18.3 Å². The van der Waals surface area contributed by atoms with Crippen LogP contribution in [0.5, 0.6) is 11.5 Å². The number of fused-ring (bicyclic) bond motifs is 1. The summed E-state index contributed by atoms with van der Waals surface area (Å²) in [4.78, 5) is 1.38. The number of aliphatic hydroxyl groups excluding tert-OH is 1. The Morgan fingerprint density at radius 1 is 1.14 bits per heavy atom. The lowest BCUT2D eigenvalue weighted by molar-refractivity contribution is 0.164. The maximum Gasteiger partial charge on any atom is 0.161 e. The Morgan fingerprint density at radius 2 is 2.00 bits per heavy atom. The number of benzene rings is 1. The molecule has 0 saturated carbocycles. The number of thiophene rings is 1. The quantitative estimate of drug-likeness (QED) is 0.908. The predicted molar refractivity (Wildman–Crippen MR) is 84.3 cm³/mol. The van der Waals surface area contributed by atoms with E-state index in [1.807, 2.05) is 18.2 Å². The van der Waals surface area contributed by atoms with Gasteiger partial charge in [0.25, 0.3) is 0 Å². The molecule has 1 aromatic carbocycles. The number of aryl methyl sites for hydroxylation is 1. The number of aliphatic hydroxyl groups is 1. The van der Waals surface area contributed by atoms with Crippen molar-refractivity contribution in [2.75, 3.05) is 13.2 Å². The highest BCUT2D eigenvalue weighted by atomic mass is 32.1. The molecule has 21 heavy (non-hydrogen) atoms. The van der Waals surface area contributed by atoms with Gasteiger partial charge in [-0.15, -0.1) is 11.3 Å². The summed E-state index contributed by atoms with van der Waals surface area (Å²) < 4.78 is 11.3. The molecule has 1 unspecified atom stereocenters. The Labute approximate surface area is 129 Å². The summed E-state index contributed by atoms with van der Waals surface area (Å²) in [5.74, 6) is 1.53. The Morgan fingerprint density at radius 3 is 2.81 bits per heavy atom. The van der Waals surface area contributed by atoms with E-state index in [0.29, 0.717) is 13.2 Å². The molecule has 1 N–H and O–H groups in total. The second kappa shape index (κ2) is 6.96. The summed E-state index contributed by atoms with van der Waals surface area (Å²) in [6.45, 7) is 1.36. The van der Waals surface area contributed by atoms with Gasteiger partial charge in [0, 0.05) is 11.3 Å². The van der Waals surface area contributed by atoms with E-state index in [-0.39, 0.29) is 0 Å². The van der Waals surface area contributed by atoms with Gasteiger partial charge in [0.2, 0.25) is 0 Å². The molecule has 2 heterocycles. The van der Waals surface area contributed by atoms with Crippen LogP contribution in [0.3, 0.4) is 0 Å². The molecule has 0 spiro atoms. The lowest BCUT2D eigenvalue weighted by Crippen LogP contribution is -2.00. The van der Waals surface area contributed by atoms with Crippen molar-refractivity contribution in [3.05, 3.63) is 46.2 Å². The van der Waals surface area contributed by atoms with Crippen LogP contribution in [-0.2, 0) is 6.42 Å². The van der Waals surface area contributed by atoms with Gasteiger partial charge in [-0.05, 0) is 48.4 Å². The van der Waals surface area contributed by atoms with Gasteiger partial charge in [0.05, 0.1) is 19.3 Å². The van der Waals surface area contributed by atoms with E-state index < -0.39 is 6.10 Å². The number of hydrogen-bond donors (Lipinski definition) is 1. The first-order chi connectivity index (χ1) is 10.3.